The van der Waals surface area contributed by atoms with Crippen molar-refractivity contribution in [1.29, 1.82) is 0 Å². The topological polar surface area (TPSA) is 60.8 Å². The molecule has 0 saturated heterocycles. The third-order valence-corrected chi connectivity index (χ3v) is 2.49. The van der Waals surface area contributed by atoms with Gasteiger partial charge in [-0.1, -0.05) is 36.9 Å². The second kappa shape index (κ2) is 7.51. The van der Waals surface area contributed by atoms with Gasteiger partial charge in [-0.15, -0.1) is 0 Å². The zero-order valence-corrected chi connectivity index (χ0v) is 11.0. The second-order valence-corrected chi connectivity index (χ2v) is 4.30. The molecule has 0 aliphatic rings. The van der Waals surface area contributed by atoms with Gasteiger partial charge < -0.3 is 15.1 Å². The molecule has 1 amide bonds. The van der Waals surface area contributed by atoms with Crippen LogP contribution in [0.1, 0.15) is 12.5 Å². The number of amides is 1. The molecule has 0 radical (unpaired) electrons. The van der Waals surface area contributed by atoms with Crippen LogP contribution in [0.2, 0.25) is 0 Å². The fourth-order valence-electron chi connectivity index (χ4n) is 1.48. The molecule has 0 aromatic heterocycles. The maximum Gasteiger partial charge on any atom is 0.252 e. The Hall–Kier alpha value is -1.91. The molecule has 1 unspecified atom stereocenters. The fraction of sp³-hybridized carbons (Fsp3) is 0.267. The first-order valence-electron chi connectivity index (χ1n) is 6.03. The number of rotatable bonds is 6. The molecule has 2 N–H and O–H groups in total. The fourth-order valence-corrected chi connectivity index (χ4v) is 1.48. The van der Waals surface area contributed by atoms with Crippen LogP contribution in [-0.4, -0.2) is 40.3 Å². The minimum atomic E-state index is -0.969. The summed E-state index contributed by atoms with van der Waals surface area (Å²) in [5.74, 6) is -0.278. The Balaban J connectivity index is 2.82. The molecule has 19 heavy (non-hydrogen) atoms. The van der Waals surface area contributed by atoms with E-state index in [-0.39, 0.29) is 19.1 Å². The molecule has 1 atom stereocenters. The van der Waals surface area contributed by atoms with Crippen molar-refractivity contribution in [3.05, 3.63) is 54.2 Å². The normalized spacial score (nSPS) is 12.4. The molecule has 0 fully saturated rings. The van der Waals surface area contributed by atoms with Crippen LogP contribution in [0.25, 0.3) is 6.08 Å². The highest BCUT2D eigenvalue weighted by molar-refractivity contribution is 5.93. The molecule has 1 aromatic carbocycles. The molecular formula is C15H19NO3. The quantitative estimate of drug-likeness (QED) is 0.761. The van der Waals surface area contributed by atoms with Crippen LogP contribution in [-0.2, 0) is 4.79 Å². The number of benzene rings is 1. The Bertz CT molecular complexity index is 454. The van der Waals surface area contributed by atoms with E-state index in [0.29, 0.717) is 5.57 Å². The number of nitrogens with zero attached hydrogens (tertiary/aromatic N) is 1. The van der Waals surface area contributed by atoms with Gasteiger partial charge in [0.2, 0.25) is 0 Å². The van der Waals surface area contributed by atoms with Crippen molar-refractivity contribution in [2.24, 2.45) is 0 Å². The van der Waals surface area contributed by atoms with Crippen LogP contribution >= 0.6 is 0 Å². The van der Waals surface area contributed by atoms with E-state index in [1.807, 2.05) is 30.3 Å². The van der Waals surface area contributed by atoms with E-state index >= 15 is 0 Å². The maximum atomic E-state index is 11.9. The highest BCUT2D eigenvalue weighted by Gasteiger charge is 2.15. The van der Waals surface area contributed by atoms with Crippen LogP contribution in [0, 0.1) is 0 Å². The number of carbonyl (C=O) groups is 1. The van der Waals surface area contributed by atoms with Gasteiger partial charge in [-0.05, 0) is 18.6 Å². The standard InChI is InChI=1S/C15H19NO3/c1-12(2)15(19)16(10-14(18)11-17)9-8-13-6-4-3-5-7-13/h3-9,14,17-18H,1,10-11H2,2H3. The van der Waals surface area contributed by atoms with E-state index in [4.69, 9.17) is 5.11 Å². The predicted molar refractivity (Wildman–Crippen MR) is 75.1 cm³/mol. The molecule has 0 spiro atoms. The predicted octanol–water partition coefficient (Wildman–Crippen LogP) is 1.42. The SMILES string of the molecule is C=C(C)C(=O)N(C=Cc1ccccc1)CC(O)CO. The molecule has 1 aromatic rings. The zero-order valence-electron chi connectivity index (χ0n) is 11.0. The Labute approximate surface area is 113 Å². The Kier molecular flexibility index (Phi) is 5.99. The summed E-state index contributed by atoms with van der Waals surface area (Å²) >= 11 is 0. The van der Waals surface area contributed by atoms with Gasteiger partial charge >= 0.3 is 0 Å². The van der Waals surface area contributed by atoms with Crippen molar-refractivity contribution < 1.29 is 15.0 Å². The largest absolute Gasteiger partial charge is 0.394 e. The minimum Gasteiger partial charge on any atom is -0.394 e. The highest BCUT2D eigenvalue weighted by atomic mass is 16.3. The van der Waals surface area contributed by atoms with Gasteiger partial charge in [0.25, 0.3) is 5.91 Å². The number of aliphatic hydroxyl groups is 2. The van der Waals surface area contributed by atoms with Gasteiger partial charge in [-0.2, -0.15) is 0 Å². The molecule has 4 nitrogen and oxygen atoms in total. The van der Waals surface area contributed by atoms with Crippen LogP contribution in [0.4, 0.5) is 0 Å². The van der Waals surface area contributed by atoms with Gasteiger partial charge in [0.15, 0.2) is 0 Å². The number of hydrogen-bond donors (Lipinski definition) is 2. The first-order valence-corrected chi connectivity index (χ1v) is 6.03. The first-order chi connectivity index (χ1) is 9.04. The van der Waals surface area contributed by atoms with Crippen LogP contribution in [0.5, 0.6) is 0 Å². The summed E-state index contributed by atoms with van der Waals surface area (Å²) in [6, 6.07) is 9.51. The van der Waals surface area contributed by atoms with Crippen molar-refractivity contribution in [1.82, 2.24) is 4.90 Å². The van der Waals surface area contributed by atoms with Crippen LogP contribution in [0.3, 0.4) is 0 Å². The van der Waals surface area contributed by atoms with Crippen molar-refractivity contribution in [2.75, 3.05) is 13.2 Å². The van der Waals surface area contributed by atoms with Gasteiger partial charge in [-0.3, -0.25) is 4.79 Å². The smallest absolute Gasteiger partial charge is 0.252 e. The maximum absolute atomic E-state index is 11.9. The monoisotopic (exact) mass is 261 g/mol. The Morgan fingerprint density at radius 3 is 2.58 bits per heavy atom. The lowest BCUT2D eigenvalue weighted by atomic mass is 10.2. The summed E-state index contributed by atoms with van der Waals surface area (Å²) in [5, 5.41) is 18.3. The molecular weight excluding hydrogens is 242 g/mol. The van der Waals surface area contributed by atoms with E-state index in [1.165, 1.54) is 4.90 Å². The summed E-state index contributed by atoms with van der Waals surface area (Å²) in [5.41, 5.74) is 1.32. The number of aliphatic hydroxyl groups excluding tert-OH is 2. The lowest BCUT2D eigenvalue weighted by molar-refractivity contribution is -0.125. The number of hydrogen-bond acceptors (Lipinski definition) is 3. The van der Waals surface area contributed by atoms with E-state index in [2.05, 4.69) is 6.58 Å². The van der Waals surface area contributed by atoms with Gasteiger partial charge in [0, 0.05) is 11.8 Å². The third kappa shape index (κ3) is 5.07. The molecule has 0 aliphatic heterocycles. The van der Waals surface area contributed by atoms with Crippen LogP contribution in [0.15, 0.2) is 48.7 Å². The molecule has 102 valence electrons. The average Bonchev–Trinajstić information content (AvgIpc) is 2.43. The average molecular weight is 261 g/mol. The summed E-state index contributed by atoms with van der Waals surface area (Å²) in [6.07, 6.45) is 2.39. The van der Waals surface area contributed by atoms with Crippen molar-refractivity contribution in [3.8, 4) is 0 Å². The van der Waals surface area contributed by atoms with Gasteiger partial charge in [-0.25, -0.2) is 0 Å². The Morgan fingerprint density at radius 1 is 1.42 bits per heavy atom. The van der Waals surface area contributed by atoms with Gasteiger partial charge in [0.1, 0.15) is 0 Å². The second-order valence-electron chi connectivity index (χ2n) is 4.30. The highest BCUT2D eigenvalue weighted by Crippen LogP contribution is 2.06. The zero-order chi connectivity index (χ0) is 14.3. The summed E-state index contributed by atoms with van der Waals surface area (Å²) in [4.78, 5) is 13.2. The van der Waals surface area contributed by atoms with E-state index in [1.54, 1.807) is 19.2 Å². The first kappa shape index (κ1) is 15.1. The Morgan fingerprint density at radius 2 is 2.05 bits per heavy atom. The number of carbonyl (C=O) groups excluding carboxylic acids is 1. The summed E-state index contributed by atoms with van der Waals surface area (Å²) < 4.78 is 0. The van der Waals surface area contributed by atoms with Crippen molar-refractivity contribution >= 4 is 12.0 Å². The van der Waals surface area contributed by atoms with Gasteiger partial charge in [0.05, 0.1) is 19.3 Å². The third-order valence-electron chi connectivity index (χ3n) is 2.49. The lowest BCUT2D eigenvalue weighted by Gasteiger charge is -2.21. The van der Waals surface area contributed by atoms with E-state index in [9.17, 15) is 9.90 Å². The van der Waals surface area contributed by atoms with E-state index in [0.717, 1.165) is 5.56 Å². The molecule has 0 heterocycles. The lowest BCUT2D eigenvalue weighted by Crippen LogP contribution is -2.35. The van der Waals surface area contributed by atoms with Crippen molar-refractivity contribution in [3.63, 3.8) is 0 Å². The molecule has 0 aliphatic carbocycles. The molecule has 1 rings (SSSR count). The van der Waals surface area contributed by atoms with Crippen molar-refractivity contribution in [2.45, 2.75) is 13.0 Å². The molecule has 0 bridgehead atoms. The van der Waals surface area contributed by atoms with Crippen LogP contribution < -0.4 is 0 Å². The molecule has 4 heteroatoms. The summed E-state index contributed by atoms with van der Waals surface area (Å²) in [6.45, 7) is 4.85. The van der Waals surface area contributed by atoms with E-state index < -0.39 is 6.10 Å². The summed E-state index contributed by atoms with van der Waals surface area (Å²) in [7, 11) is 0. The molecule has 0 saturated carbocycles. The minimum absolute atomic E-state index is 0.0333.